The molecule has 0 aromatic heterocycles. The largest absolute Gasteiger partial charge is 0.493 e. The Hall–Kier alpha value is -3.00. The molecule has 2 rings (SSSR count). The molecule has 0 unspecified atom stereocenters. The lowest BCUT2D eigenvalue weighted by atomic mass is 10.1. The van der Waals surface area contributed by atoms with Gasteiger partial charge in [0.2, 0.25) is 5.91 Å². The quantitative estimate of drug-likeness (QED) is 0.447. The van der Waals surface area contributed by atoms with Gasteiger partial charge in [-0.3, -0.25) is 9.69 Å². The van der Waals surface area contributed by atoms with Gasteiger partial charge in [0.15, 0.2) is 11.5 Å². The molecular weight excluding hydrogens is 433 g/mol. The number of hydrogen-bond donors (Lipinski definition) is 1. The van der Waals surface area contributed by atoms with Crippen LogP contribution in [0.15, 0.2) is 48.5 Å². The Kier molecular flexibility index (Phi) is 9.34. The first-order chi connectivity index (χ1) is 15.5. The summed E-state index contributed by atoms with van der Waals surface area (Å²) in [5.41, 5.74) is 0.258. The van der Waals surface area contributed by atoms with Gasteiger partial charge in [-0.2, -0.15) is 13.2 Å². The van der Waals surface area contributed by atoms with Crippen molar-refractivity contribution in [1.82, 2.24) is 4.90 Å². The fraction of sp³-hybridized carbons (Fsp3) is 0.400. The maximum absolute atomic E-state index is 12.6. The van der Waals surface area contributed by atoms with Crippen molar-refractivity contribution >= 4 is 17.7 Å². The van der Waals surface area contributed by atoms with Crippen LogP contribution in [-0.4, -0.2) is 43.2 Å². The van der Waals surface area contributed by atoms with E-state index in [1.165, 1.54) is 24.3 Å². The van der Waals surface area contributed by atoms with Crippen molar-refractivity contribution in [2.24, 2.45) is 0 Å². The molecule has 2 aromatic carbocycles. The molecule has 2 aromatic rings. The average Bonchev–Trinajstić information content (AvgIpc) is 2.74. The number of nitrogens with one attached hydrogen (secondary N) is 1. The van der Waals surface area contributed by atoms with E-state index in [4.69, 9.17) is 9.47 Å². The number of amides is 1. The number of halogens is 3. The molecular formula is C25H31F3N2O3. The number of alkyl halides is 3. The summed E-state index contributed by atoms with van der Waals surface area (Å²) in [6, 6.07) is 10.4. The minimum atomic E-state index is -4.39. The van der Waals surface area contributed by atoms with Crippen molar-refractivity contribution in [3.63, 3.8) is 0 Å². The van der Waals surface area contributed by atoms with E-state index in [0.717, 1.165) is 18.7 Å². The smallest absolute Gasteiger partial charge is 0.416 e. The molecule has 33 heavy (non-hydrogen) atoms. The van der Waals surface area contributed by atoms with Gasteiger partial charge in [0.1, 0.15) is 6.61 Å². The van der Waals surface area contributed by atoms with E-state index in [-0.39, 0.29) is 0 Å². The molecule has 0 heterocycles. The molecule has 0 radical (unpaired) electrons. The molecule has 0 atom stereocenters. The lowest BCUT2D eigenvalue weighted by Gasteiger charge is -2.30. The van der Waals surface area contributed by atoms with Crippen LogP contribution in [0.5, 0.6) is 11.5 Å². The molecule has 1 amide bonds. The summed E-state index contributed by atoms with van der Waals surface area (Å²) in [7, 11) is 1.54. The molecule has 0 aliphatic heterocycles. The van der Waals surface area contributed by atoms with Gasteiger partial charge in [-0.05, 0) is 63.6 Å². The minimum Gasteiger partial charge on any atom is -0.493 e. The third kappa shape index (κ3) is 8.13. The summed E-state index contributed by atoms with van der Waals surface area (Å²) in [5.74, 6) is 0.639. The van der Waals surface area contributed by atoms with Crippen molar-refractivity contribution in [1.29, 1.82) is 0 Å². The summed E-state index contributed by atoms with van der Waals surface area (Å²) < 4.78 is 49.2. The highest BCUT2D eigenvalue weighted by atomic mass is 19.4. The molecule has 8 heteroatoms. The van der Waals surface area contributed by atoms with Gasteiger partial charge in [-0.1, -0.05) is 12.1 Å². The number of rotatable bonds is 10. The third-order valence-electron chi connectivity index (χ3n) is 5.03. The van der Waals surface area contributed by atoms with Gasteiger partial charge in [0, 0.05) is 36.5 Å². The van der Waals surface area contributed by atoms with E-state index < -0.39 is 17.6 Å². The van der Waals surface area contributed by atoms with Crippen LogP contribution >= 0.6 is 0 Å². The summed E-state index contributed by atoms with van der Waals surface area (Å²) in [4.78, 5) is 14.6. The number of nitrogens with zero attached hydrogens (tertiary/aromatic N) is 1. The second-order valence-corrected chi connectivity index (χ2v) is 8.08. The van der Waals surface area contributed by atoms with Crippen LogP contribution < -0.4 is 14.8 Å². The summed E-state index contributed by atoms with van der Waals surface area (Å²) in [6.45, 7) is 9.73. The van der Waals surface area contributed by atoms with Crippen LogP contribution in [0.3, 0.4) is 0 Å². The molecule has 0 aliphatic carbocycles. The molecule has 0 saturated carbocycles. The number of carbonyl (C=O) groups excluding carboxylic acids is 1. The Labute approximate surface area is 193 Å². The second kappa shape index (κ2) is 11.7. The Morgan fingerprint density at radius 3 is 2.21 bits per heavy atom. The number of ether oxygens (including phenoxy) is 2. The van der Waals surface area contributed by atoms with Gasteiger partial charge >= 0.3 is 6.18 Å². The molecule has 0 fully saturated rings. The average molecular weight is 465 g/mol. The first kappa shape index (κ1) is 26.3. The van der Waals surface area contributed by atoms with Crippen LogP contribution in [0.2, 0.25) is 0 Å². The lowest BCUT2D eigenvalue weighted by molar-refractivity contribution is -0.137. The van der Waals surface area contributed by atoms with Gasteiger partial charge in [-0.25, -0.2) is 0 Å². The Morgan fingerprint density at radius 2 is 1.67 bits per heavy atom. The number of methoxy groups -OCH3 is 1. The van der Waals surface area contributed by atoms with E-state index in [1.807, 2.05) is 0 Å². The first-order valence-electron chi connectivity index (χ1n) is 10.7. The molecule has 0 spiro atoms. The molecule has 0 bridgehead atoms. The van der Waals surface area contributed by atoms with E-state index in [1.54, 1.807) is 25.3 Å². The molecule has 0 aliphatic rings. The van der Waals surface area contributed by atoms with Crippen molar-refractivity contribution in [2.45, 2.75) is 46.0 Å². The summed E-state index contributed by atoms with van der Waals surface area (Å²) >= 11 is 0. The zero-order valence-electron chi connectivity index (χ0n) is 19.6. The van der Waals surface area contributed by atoms with E-state index >= 15 is 0 Å². The summed E-state index contributed by atoms with van der Waals surface area (Å²) in [5, 5.41) is 2.72. The predicted molar refractivity (Wildman–Crippen MR) is 125 cm³/mol. The maximum atomic E-state index is 12.6. The lowest BCUT2D eigenvalue weighted by Crippen LogP contribution is -2.39. The van der Waals surface area contributed by atoms with Crippen LogP contribution in [0.4, 0.5) is 18.9 Å². The molecule has 180 valence electrons. The molecule has 5 nitrogen and oxygen atoms in total. The standard InChI is InChI=1S/C25H31F3N2O3/c1-17(2)30(18(3)4)14-15-33-23-16-21(11-12-22(23)32-5)29-24(31)13-8-19-6-9-20(10-7-19)25(26,27)28/h6-13,16-18H,14-15H2,1-5H3,(H,29,31). The number of benzene rings is 2. The Bertz CT molecular complexity index is 931. The van der Waals surface area contributed by atoms with Gasteiger partial charge in [0.05, 0.1) is 12.7 Å². The highest BCUT2D eigenvalue weighted by Crippen LogP contribution is 2.31. The fourth-order valence-corrected chi connectivity index (χ4v) is 3.38. The van der Waals surface area contributed by atoms with E-state index in [9.17, 15) is 18.0 Å². The number of hydrogen-bond acceptors (Lipinski definition) is 4. The van der Waals surface area contributed by atoms with Crippen molar-refractivity contribution in [3.8, 4) is 11.5 Å². The number of anilines is 1. The SMILES string of the molecule is COc1ccc(NC(=O)C=Cc2ccc(C(F)(F)F)cc2)cc1OCCN(C(C)C)C(C)C. The second-order valence-electron chi connectivity index (χ2n) is 8.08. The van der Waals surface area contributed by atoms with Crippen molar-refractivity contribution < 1.29 is 27.4 Å². The Morgan fingerprint density at radius 1 is 1.03 bits per heavy atom. The normalized spacial score (nSPS) is 12.1. The van der Waals surface area contributed by atoms with Crippen LogP contribution in [0.1, 0.15) is 38.8 Å². The van der Waals surface area contributed by atoms with Crippen LogP contribution in [0.25, 0.3) is 6.08 Å². The number of carbonyl (C=O) groups is 1. The minimum absolute atomic E-state index is 0.387. The first-order valence-corrected chi connectivity index (χ1v) is 10.7. The molecule has 0 saturated heterocycles. The zero-order valence-corrected chi connectivity index (χ0v) is 19.6. The molecule has 1 N–H and O–H groups in total. The van der Waals surface area contributed by atoms with Gasteiger partial charge in [0.25, 0.3) is 0 Å². The highest BCUT2D eigenvalue weighted by molar-refractivity contribution is 6.02. The predicted octanol–water partition coefficient (Wildman–Crippen LogP) is 5.86. The monoisotopic (exact) mass is 464 g/mol. The van der Waals surface area contributed by atoms with Crippen LogP contribution in [-0.2, 0) is 11.0 Å². The van der Waals surface area contributed by atoms with Crippen molar-refractivity contribution in [3.05, 3.63) is 59.7 Å². The van der Waals surface area contributed by atoms with E-state index in [0.29, 0.717) is 41.4 Å². The zero-order chi connectivity index (χ0) is 24.6. The van der Waals surface area contributed by atoms with Crippen LogP contribution in [0, 0.1) is 0 Å². The maximum Gasteiger partial charge on any atom is 0.416 e. The van der Waals surface area contributed by atoms with Gasteiger partial charge < -0.3 is 14.8 Å². The van der Waals surface area contributed by atoms with Gasteiger partial charge in [-0.15, -0.1) is 0 Å². The van der Waals surface area contributed by atoms with Crippen molar-refractivity contribution in [2.75, 3.05) is 25.6 Å². The van der Waals surface area contributed by atoms with E-state index in [2.05, 4.69) is 37.9 Å². The summed E-state index contributed by atoms with van der Waals surface area (Å²) in [6.07, 6.45) is -1.69. The topological polar surface area (TPSA) is 50.8 Å². The fourth-order valence-electron chi connectivity index (χ4n) is 3.38. The third-order valence-corrected chi connectivity index (χ3v) is 5.03. The highest BCUT2D eigenvalue weighted by Gasteiger charge is 2.29. The Balaban J connectivity index is 2.01.